The minimum Gasteiger partial charge on any atom is -0.480 e. The number of hydrogen-bond acceptors (Lipinski definition) is 2. The molecule has 0 heterocycles. The van der Waals surface area contributed by atoms with Crippen LogP contribution in [0.5, 0.6) is 0 Å². The highest BCUT2D eigenvalue weighted by atomic mass is 16.4. The van der Waals surface area contributed by atoms with Gasteiger partial charge in [0.1, 0.15) is 6.54 Å². The van der Waals surface area contributed by atoms with Crippen LogP contribution in [-0.4, -0.2) is 35.5 Å². The van der Waals surface area contributed by atoms with Gasteiger partial charge in [-0.1, -0.05) is 23.8 Å². The summed E-state index contributed by atoms with van der Waals surface area (Å²) in [5, 5.41) is 8.60. The molecule has 104 valence electrons. The SMILES string of the molecule is Cc1ccc(CCCC(=O)N(C)CC(=O)O)c(C)c1. The molecule has 0 unspecified atom stereocenters. The first-order valence-electron chi connectivity index (χ1n) is 6.42. The Morgan fingerprint density at radius 2 is 1.95 bits per heavy atom. The van der Waals surface area contributed by atoms with E-state index in [0.717, 1.165) is 12.8 Å². The Bertz CT molecular complexity index is 468. The van der Waals surface area contributed by atoms with Crippen molar-refractivity contribution in [2.75, 3.05) is 13.6 Å². The molecule has 1 aromatic rings. The number of benzene rings is 1. The second-order valence-corrected chi connectivity index (χ2v) is 4.93. The molecule has 0 saturated heterocycles. The van der Waals surface area contributed by atoms with E-state index in [1.807, 2.05) is 0 Å². The second-order valence-electron chi connectivity index (χ2n) is 4.93. The maximum Gasteiger partial charge on any atom is 0.323 e. The number of carbonyl (C=O) groups is 2. The average Bonchev–Trinajstić information content (AvgIpc) is 2.30. The van der Waals surface area contributed by atoms with Crippen molar-refractivity contribution in [2.24, 2.45) is 0 Å². The molecule has 1 amide bonds. The molecular formula is C15H21NO3. The molecule has 0 spiro atoms. The molecule has 0 radical (unpaired) electrons. The summed E-state index contributed by atoms with van der Waals surface area (Å²) in [5.41, 5.74) is 3.73. The van der Waals surface area contributed by atoms with Crippen molar-refractivity contribution >= 4 is 11.9 Å². The van der Waals surface area contributed by atoms with Crippen molar-refractivity contribution in [1.82, 2.24) is 4.90 Å². The highest BCUT2D eigenvalue weighted by Crippen LogP contribution is 2.13. The first-order valence-corrected chi connectivity index (χ1v) is 6.42. The number of hydrogen-bond donors (Lipinski definition) is 1. The summed E-state index contributed by atoms with van der Waals surface area (Å²) in [7, 11) is 1.52. The Morgan fingerprint density at radius 1 is 1.26 bits per heavy atom. The predicted octanol–water partition coefficient (Wildman–Crippen LogP) is 2.17. The number of nitrogens with zero attached hydrogens (tertiary/aromatic N) is 1. The lowest BCUT2D eigenvalue weighted by molar-refractivity contribution is -0.143. The summed E-state index contributed by atoms with van der Waals surface area (Å²) < 4.78 is 0. The van der Waals surface area contributed by atoms with Gasteiger partial charge in [-0.05, 0) is 37.8 Å². The Kier molecular flexibility index (Phi) is 5.55. The molecule has 19 heavy (non-hydrogen) atoms. The van der Waals surface area contributed by atoms with E-state index >= 15 is 0 Å². The smallest absolute Gasteiger partial charge is 0.323 e. The van der Waals surface area contributed by atoms with Crippen LogP contribution >= 0.6 is 0 Å². The van der Waals surface area contributed by atoms with E-state index in [9.17, 15) is 9.59 Å². The number of carboxylic acids is 1. The third-order valence-corrected chi connectivity index (χ3v) is 3.13. The Balaban J connectivity index is 2.41. The number of amides is 1. The van der Waals surface area contributed by atoms with Crippen LogP contribution < -0.4 is 0 Å². The quantitative estimate of drug-likeness (QED) is 0.855. The molecule has 0 bridgehead atoms. The molecule has 0 fully saturated rings. The molecule has 0 atom stereocenters. The van der Waals surface area contributed by atoms with Crippen LogP contribution in [0.15, 0.2) is 18.2 Å². The van der Waals surface area contributed by atoms with Crippen molar-refractivity contribution in [1.29, 1.82) is 0 Å². The minimum absolute atomic E-state index is 0.118. The van der Waals surface area contributed by atoms with Gasteiger partial charge in [-0.15, -0.1) is 0 Å². The van der Waals surface area contributed by atoms with E-state index in [-0.39, 0.29) is 12.5 Å². The predicted molar refractivity (Wildman–Crippen MR) is 74.1 cm³/mol. The van der Waals surface area contributed by atoms with Gasteiger partial charge in [-0.2, -0.15) is 0 Å². The summed E-state index contributed by atoms with van der Waals surface area (Å²) in [6.07, 6.45) is 1.97. The fourth-order valence-corrected chi connectivity index (χ4v) is 2.04. The normalized spacial score (nSPS) is 10.3. The average molecular weight is 263 g/mol. The van der Waals surface area contributed by atoms with Crippen molar-refractivity contribution in [3.8, 4) is 0 Å². The van der Waals surface area contributed by atoms with Gasteiger partial charge in [0.2, 0.25) is 5.91 Å². The van der Waals surface area contributed by atoms with Crippen LogP contribution in [0.1, 0.15) is 29.5 Å². The third-order valence-electron chi connectivity index (χ3n) is 3.13. The maximum absolute atomic E-state index is 11.7. The van der Waals surface area contributed by atoms with Crippen molar-refractivity contribution < 1.29 is 14.7 Å². The van der Waals surface area contributed by atoms with E-state index in [1.54, 1.807) is 0 Å². The van der Waals surface area contributed by atoms with Crippen LogP contribution in [0.25, 0.3) is 0 Å². The number of aryl methyl sites for hydroxylation is 3. The van der Waals surface area contributed by atoms with Gasteiger partial charge in [-0.3, -0.25) is 9.59 Å². The molecule has 4 heteroatoms. The number of aliphatic carboxylic acids is 1. The highest BCUT2D eigenvalue weighted by Gasteiger charge is 2.11. The number of rotatable bonds is 6. The zero-order chi connectivity index (χ0) is 14.4. The molecule has 0 aromatic heterocycles. The van der Waals surface area contributed by atoms with Gasteiger partial charge in [-0.25, -0.2) is 0 Å². The minimum atomic E-state index is -0.981. The lowest BCUT2D eigenvalue weighted by Crippen LogP contribution is -2.31. The lowest BCUT2D eigenvalue weighted by Gasteiger charge is -2.14. The fourth-order valence-electron chi connectivity index (χ4n) is 2.04. The third kappa shape index (κ3) is 5.12. The zero-order valence-electron chi connectivity index (χ0n) is 11.8. The standard InChI is InChI=1S/C15H21NO3/c1-11-7-8-13(12(2)9-11)5-4-6-14(17)16(3)10-15(18)19/h7-9H,4-6,10H2,1-3H3,(H,18,19). The van der Waals surface area contributed by atoms with Gasteiger partial charge >= 0.3 is 5.97 Å². The van der Waals surface area contributed by atoms with Crippen LogP contribution in [0.3, 0.4) is 0 Å². The molecule has 0 saturated carbocycles. The summed E-state index contributed by atoms with van der Waals surface area (Å²) in [6.45, 7) is 3.89. The van der Waals surface area contributed by atoms with Crippen LogP contribution in [0.2, 0.25) is 0 Å². The zero-order valence-corrected chi connectivity index (χ0v) is 11.8. The Morgan fingerprint density at radius 3 is 2.53 bits per heavy atom. The maximum atomic E-state index is 11.7. The van der Waals surface area contributed by atoms with Crippen molar-refractivity contribution in [2.45, 2.75) is 33.1 Å². The van der Waals surface area contributed by atoms with Crippen LogP contribution in [-0.2, 0) is 16.0 Å². The van der Waals surface area contributed by atoms with E-state index in [2.05, 4.69) is 32.0 Å². The summed E-state index contributed by atoms with van der Waals surface area (Å²) in [4.78, 5) is 23.4. The first kappa shape index (κ1) is 15.2. The summed E-state index contributed by atoms with van der Waals surface area (Å²) in [5.74, 6) is -1.10. The first-order chi connectivity index (χ1) is 8.90. The summed E-state index contributed by atoms with van der Waals surface area (Å²) >= 11 is 0. The fraction of sp³-hybridized carbons (Fsp3) is 0.467. The molecule has 0 aliphatic carbocycles. The van der Waals surface area contributed by atoms with Crippen molar-refractivity contribution in [3.05, 3.63) is 34.9 Å². The molecule has 0 aliphatic rings. The van der Waals surface area contributed by atoms with Gasteiger partial charge in [0.05, 0.1) is 0 Å². The van der Waals surface area contributed by atoms with Crippen LogP contribution in [0, 0.1) is 13.8 Å². The van der Waals surface area contributed by atoms with Gasteiger partial charge in [0.25, 0.3) is 0 Å². The largest absolute Gasteiger partial charge is 0.480 e. The van der Waals surface area contributed by atoms with Gasteiger partial charge < -0.3 is 10.0 Å². The number of carbonyl (C=O) groups excluding carboxylic acids is 1. The lowest BCUT2D eigenvalue weighted by atomic mass is 10.0. The Hall–Kier alpha value is -1.84. The second kappa shape index (κ2) is 6.92. The van der Waals surface area contributed by atoms with E-state index in [4.69, 9.17) is 5.11 Å². The highest BCUT2D eigenvalue weighted by molar-refractivity contribution is 5.80. The Labute approximate surface area is 114 Å². The monoisotopic (exact) mass is 263 g/mol. The van der Waals surface area contributed by atoms with Gasteiger partial charge in [0, 0.05) is 13.5 Å². The van der Waals surface area contributed by atoms with E-state index in [0.29, 0.717) is 6.42 Å². The van der Waals surface area contributed by atoms with E-state index in [1.165, 1.54) is 28.6 Å². The molecule has 1 rings (SSSR count). The topological polar surface area (TPSA) is 57.6 Å². The van der Waals surface area contributed by atoms with E-state index < -0.39 is 5.97 Å². The van der Waals surface area contributed by atoms with Crippen LogP contribution in [0.4, 0.5) is 0 Å². The number of likely N-dealkylation sites (N-methyl/N-ethyl adjacent to an activating group) is 1. The molecular weight excluding hydrogens is 242 g/mol. The molecule has 1 aromatic carbocycles. The van der Waals surface area contributed by atoms with Crippen molar-refractivity contribution in [3.63, 3.8) is 0 Å². The van der Waals surface area contributed by atoms with Gasteiger partial charge in [0.15, 0.2) is 0 Å². The molecule has 0 aliphatic heterocycles. The summed E-state index contributed by atoms with van der Waals surface area (Å²) in [6, 6.07) is 6.30. The molecule has 1 N–H and O–H groups in total. The number of carboxylic acid groups (broad SMARTS) is 1. The molecule has 4 nitrogen and oxygen atoms in total.